The summed E-state index contributed by atoms with van der Waals surface area (Å²) in [7, 11) is 3.46. The van der Waals surface area contributed by atoms with Crippen LogP contribution in [0.5, 0.6) is 0 Å². The Kier molecular flexibility index (Phi) is 2.55. The molecule has 1 aromatic rings. The summed E-state index contributed by atoms with van der Waals surface area (Å²) >= 11 is 0. The second kappa shape index (κ2) is 3.45. The van der Waals surface area contributed by atoms with Crippen LogP contribution < -0.4 is 10.8 Å². The molecule has 0 aliphatic carbocycles. The lowest BCUT2D eigenvalue weighted by Gasteiger charge is -2.16. The van der Waals surface area contributed by atoms with Gasteiger partial charge in [0.1, 0.15) is 0 Å². The van der Waals surface area contributed by atoms with Gasteiger partial charge in [0.15, 0.2) is 0 Å². The van der Waals surface area contributed by atoms with Crippen molar-refractivity contribution in [2.75, 3.05) is 25.0 Å². The van der Waals surface area contributed by atoms with Gasteiger partial charge in [-0.15, -0.1) is 0 Å². The van der Waals surface area contributed by atoms with Crippen LogP contribution in [0.25, 0.3) is 0 Å². The first-order valence-corrected chi connectivity index (χ1v) is 3.79. The lowest BCUT2D eigenvalue weighted by molar-refractivity contribution is 0.185. The zero-order valence-electron chi connectivity index (χ0n) is 7.66. The standard InChI is InChI=1S/C9H14N2O/c1-7-4-5-8(6-9(7)10)11(2)12-3/h4-6H,10H2,1-3H3. The van der Waals surface area contributed by atoms with Gasteiger partial charge in [0.05, 0.1) is 12.8 Å². The topological polar surface area (TPSA) is 38.5 Å². The van der Waals surface area contributed by atoms with E-state index in [1.54, 1.807) is 12.2 Å². The minimum Gasteiger partial charge on any atom is -0.398 e. The van der Waals surface area contributed by atoms with E-state index in [1.807, 2.05) is 32.2 Å². The van der Waals surface area contributed by atoms with Crippen LogP contribution in [0.15, 0.2) is 18.2 Å². The van der Waals surface area contributed by atoms with Gasteiger partial charge in [-0.05, 0) is 24.6 Å². The summed E-state index contributed by atoms with van der Waals surface area (Å²) in [6.45, 7) is 1.98. The molecule has 0 aliphatic rings. The largest absolute Gasteiger partial charge is 0.398 e. The predicted molar refractivity (Wildman–Crippen MR) is 51.0 cm³/mol. The smallest absolute Gasteiger partial charge is 0.0653 e. The molecule has 0 fully saturated rings. The first-order chi connectivity index (χ1) is 5.65. The third-order valence-corrected chi connectivity index (χ3v) is 1.90. The molecule has 66 valence electrons. The van der Waals surface area contributed by atoms with E-state index >= 15 is 0 Å². The average molecular weight is 166 g/mol. The number of nitrogens with zero attached hydrogens (tertiary/aromatic N) is 1. The van der Waals surface area contributed by atoms with Gasteiger partial charge in [-0.1, -0.05) is 6.07 Å². The Morgan fingerprint density at radius 3 is 2.58 bits per heavy atom. The minimum atomic E-state index is 0.788. The molecule has 0 heterocycles. The maximum absolute atomic E-state index is 5.73. The fraction of sp³-hybridized carbons (Fsp3) is 0.333. The second-order valence-corrected chi connectivity index (χ2v) is 2.72. The van der Waals surface area contributed by atoms with Gasteiger partial charge >= 0.3 is 0 Å². The van der Waals surface area contributed by atoms with Crippen molar-refractivity contribution < 1.29 is 4.84 Å². The van der Waals surface area contributed by atoms with Crippen LogP contribution in [0.1, 0.15) is 5.56 Å². The van der Waals surface area contributed by atoms with Crippen molar-refractivity contribution in [3.63, 3.8) is 0 Å². The van der Waals surface area contributed by atoms with E-state index < -0.39 is 0 Å². The highest BCUT2D eigenvalue weighted by Gasteiger charge is 2.00. The third kappa shape index (κ3) is 1.68. The van der Waals surface area contributed by atoms with Gasteiger partial charge in [0.2, 0.25) is 0 Å². The predicted octanol–water partition coefficient (Wildman–Crippen LogP) is 1.57. The fourth-order valence-electron chi connectivity index (χ4n) is 0.929. The first kappa shape index (κ1) is 8.87. The summed E-state index contributed by atoms with van der Waals surface area (Å²) in [5, 5.41) is 1.66. The molecule has 2 N–H and O–H groups in total. The monoisotopic (exact) mass is 166 g/mol. The van der Waals surface area contributed by atoms with Crippen LogP contribution in [0.2, 0.25) is 0 Å². The van der Waals surface area contributed by atoms with Crippen molar-refractivity contribution >= 4 is 11.4 Å². The highest BCUT2D eigenvalue weighted by molar-refractivity contribution is 5.58. The maximum atomic E-state index is 5.73. The Morgan fingerprint density at radius 1 is 1.42 bits per heavy atom. The third-order valence-electron chi connectivity index (χ3n) is 1.90. The van der Waals surface area contributed by atoms with E-state index in [-0.39, 0.29) is 0 Å². The van der Waals surface area contributed by atoms with E-state index in [1.165, 1.54) is 0 Å². The van der Waals surface area contributed by atoms with Gasteiger partial charge in [0.25, 0.3) is 0 Å². The quantitative estimate of drug-likeness (QED) is 0.535. The van der Waals surface area contributed by atoms with Gasteiger partial charge in [-0.3, -0.25) is 9.90 Å². The number of hydrogen-bond acceptors (Lipinski definition) is 3. The lowest BCUT2D eigenvalue weighted by Crippen LogP contribution is -2.14. The van der Waals surface area contributed by atoms with Crippen LogP contribution in [-0.4, -0.2) is 14.2 Å². The molecule has 0 aromatic heterocycles. The van der Waals surface area contributed by atoms with Crippen LogP contribution in [0, 0.1) is 6.92 Å². The normalized spacial score (nSPS) is 9.92. The SMILES string of the molecule is CON(C)c1ccc(C)c(N)c1. The van der Waals surface area contributed by atoms with Gasteiger partial charge in [-0.2, -0.15) is 0 Å². The second-order valence-electron chi connectivity index (χ2n) is 2.72. The van der Waals surface area contributed by atoms with E-state index in [0.29, 0.717) is 0 Å². The van der Waals surface area contributed by atoms with Gasteiger partial charge < -0.3 is 5.73 Å². The number of anilines is 2. The van der Waals surface area contributed by atoms with E-state index in [9.17, 15) is 0 Å². The van der Waals surface area contributed by atoms with Crippen LogP contribution in [0.3, 0.4) is 0 Å². The molecule has 12 heavy (non-hydrogen) atoms. The summed E-state index contributed by atoms with van der Waals surface area (Å²) in [6.07, 6.45) is 0. The molecule has 0 bridgehead atoms. The molecule has 0 unspecified atom stereocenters. The molecule has 3 nitrogen and oxygen atoms in total. The van der Waals surface area contributed by atoms with Gasteiger partial charge in [-0.25, -0.2) is 0 Å². The Bertz CT molecular complexity index is 273. The van der Waals surface area contributed by atoms with E-state index in [4.69, 9.17) is 10.6 Å². The molecule has 3 heteroatoms. The van der Waals surface area contributed by atoms with Crippen molar-refractivity contribution in [1.82, 2.24) is 0 Å². The Balaban J connectivity index is 2.96. The van der Waals surface area contributed by atoms with Crippen LogP contribution in [-0.2, 0) is 4.84 Å². The summed E-state index contributed by atoms with van der Waals surface area (Å²) in [5.74, 6) is 0. The van der Waals surface area contributed by atoms with E-state index in [2.05, 4.69) is 0 Å². The number of nitrogens with two attached hydrogens (primary N) is 1. The zero-order chi connectivity index (χ0) is 9.14. The summed E-state index contributed by atoms with van der Waals surface area (Å²) in [5.41, 5.74) is 8.56. The molecular weight excluding hydrogens is 152 g/mol. The summed E-state index contributed by atoms with van der Waals surface area (Å²) in [4.78, 5) is 5.01. The van der Waals surface area contributed by atoms with Crippen LogP contribution in [0.4, 0.5) is 11.4 Å². The molecule has 0 spiro atoms. The van der Waals surface area contributed by atoms with Crippen molar-refractivity contribution in [1.29, 1.82) is 0 Å². The highest BCUT2D eigenvalue weighted by atomic mass is 16.7. The Hall–Kier alpha value is -1.22. The lowest BCUT2D eigenvalue weighted by atomic mass is 10.2. The molecule has 0 saturated carbocycles. The zero-order valence-corrected chi connectivity index (χ0v) is 7.66. The number of nitrogen functional groups attached to an aromatic ring is 1. The first-order valence-electron chi connectivity index (χ1n) is 3.79. The number of hydroxylamine groups is 1. The highest BCUT2D eigenvalue weighted by Crippen LogP contribution is 2.19. The molecule has 0 atom stereocenters. The fourth-order valence-corrected chi connectivity index (χ4v) is 0.929. The number of aryl methyl sites for hydroxylation is 1. The average Bonchev–Trinajstić information content (AvgIpc) is 2.08. The van der Waals surface area contributed by atoms with Crippen molar-refractivity contribution in [3.05, 3.63) is 23.8 Å². The summed E-state index contributed by atoms with van der Waals surface area (Å²) < 4.78 is 0. The van der Waals surface area contributed by atoms with E-state index in [0.717, 1.165) is 16.9 Å². The molecule has 0 radical (unpaired) electrons. The molecule has 0 saturated heterocycles. The van der Waals surface area contributed by atoms with Crippen LogP contribution >= 0.6 is 0 Å². The summed E-state index contributed by atoms with van der Waals surface area (Å²) in [6, 6.07) is 5.83. The van der Waals surface area contributed by atoms with Gasteiger partial charge in [0, 0.05) is 12.7 Å². The number of rotatable bonds is 2. The molecule has 1 rings (SSSR count). The minimum absolute atomic E-state index is 0.788. The van der Waals surface area contributed by atoms with Crippen molar-refractivity contribution in [2.24, 2.45) is 0 Å². The Labute approximate surface area is 72.7 Å². The molecule has 0 aliphatic heterocycles. The van der Waals surface area contributed by atoms with Crippen molar-refractivity contribution in [3.8, 4) is 0 Å². The Morgan fingerprint density at radius 2 is 2.08 bits per heavy atom. The van der Waals surface area contributed by atoms with Crippen molar-refractivity contribution in [2.45, 2.75) is 6.92 Å². The number of benzene rings is 1. The molecule has 1 aromatic carbocycles. The number of hydrogen-bond donors (Lipinski definition) is 1. The maximum Gasteiger partial charge on any atom is 0.0653 e. The molecule has 0 amide bonds. The molecular formula is C9H14N2O.